The number of hydrogen-bond acceptors (Lipinski definition) is 6. The van der Waals surface area contributed by atoms with E-state index in [1.807, 2.05) is 0 Å². The van der Waals surface area contributed by atoms with Gasteiger partial charge in [-0.25, -0.2) is 0 Å². The maximum absolute atomic E-state index is 12.7. The van der Waals surface area contributed by atoms with Gasteiger partial charge in [-0.1, -0.05) is 179 Å². The molecule has 0 fully saturated rings. The lowest BCUT2D eigenvalue weighted by Gasteiger charge is -2.18. The van der Waals surface area contributed by atoms with E-state index in [2.05, 4.69) is 57.2 Å². The Morgan fingerprint density at radius 3 is 0.946 bits per heavy atom. The first-order chi connectivity index (χ1) is 27.5. The molecular formula is C50H90O6. The molecule has 56 heavy (non-hydrogen) atoms. The van der Waals surface area contributed by atoms with Crippen molar-refractivity contribution < 1.29 is 28.6 Å². The zero-order valence-corrected chi connectivity index (χ0v) is 37.2. The normalized spacial score (nSPS) is 12.3. The summed E-state index contributed by atoms with van der Waals surface area (Å²) in [7, 11) is 0. The molecule has 0 aromatic carbocycles. The SMILES string of the molecule is CCCC/C=C\CCCCCCC(=O)OCC(COC(=O)CCCCCCC/C=C\CCCCCCCCCCC)OC(=O)CCCCCC/C=C\CCCC. The van der Waals surface area contributed by atoms with E-state index in [1.165, 1.54) is 103 Å². The summed E-state index contributed by atoms with van der Waals surface area (Å²) >= 11 is 0. The fourth-order valence-electron chi connectivity index (χ4n) is 6.63. The molecule has 0 rings (SSSR count). The summed E-state index contributed by atoms with van der Waals surface area (Å²) in [5.41, 5.74) is 0. The molecule has 1 atom stereocenters. The van der Waals surface area contributed by atoms with Crippen LogP contribution in [0.4, 0.5) is 0 Å². The van der Waals surface area contributed by atoms with Gasteiger partial charge in [-0.05, 0) is 83.5 Å². The molecule has 0 saturated heterocycles. The van der Waals surface area contributed by atoms with Crippen molar-refractivity contribution in [3.63, 3.8) is 0 Å². The smallest absolute Gasteiger partial charge is 0.306 e. The molecule has 0 radical (unpaired) electrons. The molecule has 0 bridgehead atoms. The minimum atomic E-state index is -0.781. The second kappa shape index (κ2) is 45.3. The average molecular weight is 787 g/mol. The van der Waals surface area contributed by atoms with Crippen LogP contribution in [0.25, 0.3) is 0 Å². The predicted molar refractivity (Wildman–Crippen MR) is 238 cm³/mol. The van der Waals surface area contributed by atoms with Crippen LogP contribution in [0.5, 0.6) is 0 Å². The van der Waals surface area contributed by atoms with Gasteiger partial charge in [0.05, 0.1) is 0 Å². The second-order valence-electron chi connectivity index (χ2n) is 16.0. The Kier molecular flexibility index (Phi) is 43.4. The molecule has 6 heteroatoms. The van der Waals surface area contributed by atoms with E-state index in [0.717, 1.165) is 103 Å². The highest BCUT2D eigenvalue weighted by Crippen LogP contribution is 2.14. The summed E-state index contributed by atoms with van der Waals surface area (Å²) in [4.78, 5) is 37.7. The van der Waals surface area contributed by atoms with Crippen LogP contribution in [-0.2, 0) is 28.6 Å². The summed E-state index contributed by atoms with van der Waals surface area (Å²) < 4.78 is 16.7. The van der Waals surface area contributed by atoms with E-state index in [4.69, 9.17) is 14.2 Å². The van der Waals surface area contributed by atoms with Gasteiger partial charge in [0.25, 0.3) is 0 Å². The number of carbonyl (C=O) groups excluding carboxylic acids is 3. The van der Waals surface area contributed by atoms with Crippen molar-refractivity contribution in [2.45, 2.75) is 252 Å². The van der Waals surface area contributed by atoms with Crippen LogP contribution < -0.4 is 0 Å². The Morgan fingerprint density at radius 1 is 0.339 bits per heavy atom. The third-order valence-electron chi connectivity index (χ3n) is 10.3. The zero-order chi connectivity index (χ0) is 40.8. The van der Waals surface area contributed by atoms with Crippen molar-refractivity contribution in [2.75, 3.05) is 13.2 Å². The molecule has 326 valence electrons. The van der Waals surface area contributed by atoms with Crippen molar-refractivity contribution in [1.82, 2.24) is 0 Å². The zero-order valence-electron chi connectivity index (χ0n) is 37.2. The van der Waals surface area contributed by atoms with E-state index in [-0.39, 0.29) is 31.1 Å². The van der Waals surface area contributed by atoms with Gasteiger partial charge in [0, 0.05) is 19.3 Å². The first-order valence-electron chi connectivity index (χ1n) is 24.0. The second-order valence-corrected chi connectivity index (χ2v) is 16.0. The van der Waals surface area contributed by atoms with E-state index in [1.54, 1.807) is 0 Å². The lowest BCUT2D eigenvalue weighted by Crippen LogP contribution is -2.30. The maximum atomic E-state index is 12.7. The lowest BCUT2D eigenvalue weighted by atomic mass is 10.1. The molecule has 0 aromatic heterocycles. The molecule has 0 heterocycles. The Hall–Kier alpha value is -2.37. The van der Waals surface area contributed by atoms with Crippen LogP contribution >= 0.6 is 0 Å². The number of hydrogen-bond donors (Lipinski definition) is 0. The highest BCUT2D eigenvalue weighted by molar-refractivity contribution is 5.71. The number of unbranched alkanes of at least 4 members (excludes halogenated alkanes) is 26. The summed E-state index contributed by atoms with van der Waals surface area (Å²) in [5.74, 6) is -0.917. The summed E-state index contributed by atoms with van der Waals surface area (Å²) in [6, 6.07) is 0. The van der Waals surface area contributed by atoms with Gasteiger partial charge in [0.1, 0.15) is 13.2 Å². The van der Waals surface area contributed by atoms with Crippen LogP contribution in [0.15, 0.2) is 36.5 Å². The van der Waals surface area contributed by atoms with Crippen LogP contribution in [0.1, 0.15) is 245 Å². The molecule has 0 aliphatic heterocycles. The van der Waals surface area contributed by atoms with Crippen molar-refractivity contribution >= 4 is 17.9 Å². The van der Waals surface area contributed by atoms with Gasteiger partial charge in [-0.3, -0.25) is 14.4 Å². The topological polar surface area (TPSA) is 78.9 Å². The first-order valence-corrected chi connectivity index (χ1v) is 24.0. The van der Waals surface area contributed by atoms with Crippen LogP contribution in [0.2, 0.25) is 0 Å². The fraction of sp³-hybridized carbons (Fsp3) is 0.820. The van der Waals surface area contributed by atoms with Crippen molar-refractivity contribution in [3.05, 3.63) is 36.5 Å². The minimum absolute atomic E-state index is 0.0840. The highest BCUT2D eigenvalue weighted by atomic mass is 16.6. The molecule has 6 nitrogen and oxygen atoms in total. The standard InChI is InChI=1S/C50H90O6/c1-4-7-10-13-16-19-22-23-24-25-26-27-28-29-32-34-37-40-43-49(52)55-46-47(56-50(53)44-41-38-35-31-21-18-15-12-9-6-3)45-54-48(51)42-39-36-33-30-20-17-14-11-8-5-2/h14-15,17-18,26-27,47H,4-13,16,19-25,28-46H2,1-3H3/b17-14-,18-15-,27-26-. The molecule has 0 spiro atoms. The Bertz CT molecular complexity index is 953. The van der Waals surface area contributed by atoms with Gasteiger partial charge in [-0.2, -0.15) is 0 Å². The molecule has 0 aliphatic carbocycles. The minimum Gasteiger partial charge on any atom is -0.462 e. The van der Waals surface area contributed by atoms with Crippen molar-refractivity contribution in [3.8, 4) is 0 Å². The molecule has 0 N–H and O–H groups in total. The first kappa shape index (κ1) is 53.6. The summed E-state index contributed by atoms with van der Waals surface area (Å²) in [6.07, 6.45) is 51.4. The Balaban J connectivity index is 4.31. The third-order valence-corrected chi connectivity index (χ3v) is 10.3. The molecule has 0 saturated carbocycles. The average Bonchev–Trinajstić information content (AvgIpc) is 3.19. The largest absolute Gasteiger partial charge is 0.462 e. The van der Waals surface area contributed by atoms with Gasteiger partial charge < -0.3 is 14.2 Å². The van der Waals surface area contributed by atoms with Crippen LogP contribution in [0.3, 0.4) is 0 Å². The van der Waals surface area contributed by atoms with Crippen LogP contribution in [0, 0.1) is 0 Å². The maximum Gasteiger partial charge on any atom is 0.306 e. The Morgan fingerprint density at radius 2 is 0.607 bits per heavy atom. The van der Waals surface area contributed by atoms with Crippen molar-refractivity contribution in [1.29, 1.82) is 0 Å². The lowest BCUT2D eigenvalue weighted by molar-refractivity contribution is -0.167. The number of allylic oxidation sites excluding steroid dienone is 6. The molecule has 0 amide bonds. The fourth-order valence-corrected chi connectivity index (χ4v) is 6.63. The van der Waals surface area contributed by atoms with E-state index >= 15 is 0 Å². The quantitative estimate of drug-likeness (QED) is 0.0265. The molecule has 1 unspecified atom stereocenters. The van der Waals surface area contributed by atoms with Gasteiger partial charge in [0.15, 0.2) is 6.10 Å². The molecule has 0 aliphatic rings. The molecule has 0 aromatic rings. The number of rotatable bonds is 43. The van der Waals surface area contributed by atoms with Gasteiger partial charge in [-0.15, -0.1) is 0 Å². The monoisotopic (exact) mass is 787 g/mol. The predicted octanol–water partition coefficient (Wildman–Crippen LogP) is 15.4. The van der Waals surface area contributed by atoms with Crippen molar-refractivity contribution in [2.24, 2.45) is 0 Å². The third kappa shape index (κ3) is 42.8. The molecular weight excluding hydrogens is 697 g/mol. The van der Waals surface area contributed by atoms with E-state index in [9.17, 15) is 14.4 Å². The van der Waals surface area contributed by atoms with Gasteiger partial charge in [0.2, 0.25) is 0 Å². The van der Waals surface area contributed by atoms with Gasteiger partial charge >= 0.3 is 17.9 Å². The summed E-state index contributed by atoms with van der Waals surface area (Å²) in [6.45, 7) is 6.52. The van der Waals surface area contributed by atoms with E-state index < -0.39 is 6.10 Å². The summed E-state index contributed by atoms with van der Waals surface area (Å²) in [5, 5.41) is 0. The number of carbonyl (C=O) groups is 3. The van der Waals surface area contributed by atoms with Crippen LogP contribution in [-0.4, -0.2) is 37.2 Å². The van der Waals surface area contributed by atoms with E-state index in [0.29, 0.717) is 19.3 Å². The Labute approximate surface area is 346 Å². The number of ether oxygens (including phenoxy) is 3. The number of esters is 3. The highest BCUT2D eigenvalue weighted by Gasteiger charge is 2.19.